The van der Waals surface area contributed by atoms with Crippen LogP contribution < -0.4 is 0 Å². The lowest BCUT2D eigenvalue weighted by Crippen LogP contribution is -2.50. The first-order valence-electron chi connectivity index (χ1n) is 8.34. The Balaban J connectivity index is 2.03. The number of carbonyl (C=O) groups is 1. The van der Waals surface area contributed by atoms with Crippen molar-refractivity contribution < 1.29 is 13.9 Å². The fraction of sp³-hybridized carbons (Fsp3) is 0.350. The molecule has 3 nitrogen and oxygen atoms in total. The van der Waals surface area contributed by atoms with E-state index in [-0.39, 0.29) is 18.1 Å². The molecule has 2 aromatic carbocycles. The fourth-order valence-electron chi connectivity index (χ4n) is 3.32. The van der Waals surface area contributed by atoms with Crippen LogP contribution in [0.15, 0.2) is 60.7 Å². The van der Waals surface area contributed by atoms with Crippen molar-refractivity contribution in [3.8, 4) is 0 Å². The van der Waals surface area contributed by atoms with Gasteiger partial charge in [0, 0.05) is 6.54 Å². The van der Waals surface area contributed by atoms with Gasteiger partial charge >= 0.3 is 5.97 Å². The minimum atomic E-state index is -0.393. The Morgan fingerprint density at radius 3 is 2.17 bits per heavy atom. The van der Waals surface area contributed by atoms with Crippen molar-refractivity contribution in [2.24, 2.45) is 0 Å². The predicted molar refractivity (Wildman–Crippen MR) is 91.2 cm³/mol. The molecule has 3 atom stereocenters. The second-order valence-electron chi connectivity index (χ2n) is 6.08. The van der Waals surface area contributed by atoms with Gasteiger partial charge in [0.15, 0.2) is 0 Å². The monoisotopic (exact) mass is 327 g/mol. The number of morpholine rings is 1. The second kappa shape index (κ2) is 7.58. The summed E-state index contributed by atoms with van der Waals surface area (Å²) in [4.78, 5) is 14.4. The van der Waals surface area contributed by atoms with Gasteiger partial charge in [0.1, 0.15) is 12.1 Å². The average molecular weight is 327 g/mol. The van der Waals surface area contributed by atoms with Crippen LogP contribution in [0.3, 0.4) is 0 Å². The van der Waals surface area contributed by atoms with Gasteiger partial charge in [-0.05, 0) is 24.5 Å². The maximum atomic E-state index is 12.8. The lowest BCUT2D eigenvalue weighted by molar-refractivity contribution is -0.174. The van der Waals surface area contributed by atoms with E-state index in [1.165, 1.54) is 0 Å². The zero-order valence-corrected chi connectivity index (χ0v) is 13.8. The van der Waals surface area contributed by atoms with Gasteiger partial charge in [0.2, 0.25) is 0 Å². The summed E-state index contributed by atoms with van der Waals surface area (Å²) in [7, 11) is 0. The van der Waals surface area contributed by atoms with E-state index in [0.717, 1.165) is 11.1 Å². The van der Waals surface area contributed by atoms with Gasteiger partial charge in [-0.25, -0.2) is 0 Å². The van der Waals surface area contributed by atoms with Gasteiger partial charge in [-0.15, -0.1) is 0 Å². The van der Waals surface area contributed by atoms with Crippen LogP contribution in [0.5, 0.6) is 0 Å². The highest BCUT2D eigenvalue weighted by molar-refractivity contribution is 5.76. The van der Waals surface area contributed by atoms with Gasteiger partial charge in [0.25, 0.3) is 0 Å². The number of nitrogens with zero attached hydrogens (tertiary/aromatic N) is 1. The molecule has 0 bridgehead atoms. The van der Waals surface area contributed by atoms with Crippen LogP contribution in [0.2, 0.25) is 0 Å². The molecule has 0 saturated carbocycles. The van der Waals surface area contributed by atoms with Crippen LogP contribution in [0, 0.1) is 0 Å². The Bertz CT molecular complexity index is 662. The molecule has 126 valence electrons. The first kappa shape index (κ1) is 16.7. The van der Waals surface area contributed by atoms with E-state index in [4.69, 9.17) is 4.74 Å². The third kappa shape index (κ3) is 3.34. The van der Waals surface area contributed by atoms with E-state index in [1.807, 2.05) is 67.6 Å². The molecular weight excluding hydrogens is 305 g/mol. The molecule has 1 saturated heterocycles. The van der Waals surface area contributed by atoms with Gasteiger partial charge < -0.3 is 4.74 Å². The molecule has 2 aromatic rings. The molecule has 0 amide bonds. The van der Waals surface area contributed by atoms with Crippen molar-refractivity contribution in [3.63, 3.8) is 0 Å². The first-order valence-corrected chi connectivity index (χ1v) is 8.34. The zero-order chi connectivity index (χ0) is 16.9. The highest BCUT2D eigenvalue weighted by Crippen LogP contribution is 2.41. The molecule has 4 heteroatoms. The third-order valence-electron chi connectivity index (χ3n) is 4.54. The molecule has 1 fully saturated rings. The average Bonchev–Trinajstić information content (AvgIpc) is 2.64. The van der Waals surface area contributed by atoms with Crippen molar-refractivity contribution in [1.82, 2.24) is 4.90 Å². The van der Waals surface area contributed by atoms with Crippen LogP contribution in [-0.2, 0) is 9.53 Å². The molecule has 24 heavy (non-hydrogen) atoms. The Kier molecular flexibility index (Phi) is 5.26. The molecular formula is C20H22FNO2. The molecule has 1 aliphatic heterocycles. The van der Waals surface area contributed by atoms with E-state index < -0.39 is 12.8 Å². The smallest absolute Gasteiger partial charge is 0.323 e. The summed E-state index contributed by atoms with van der Waals surface area (Å²) in [6.07, 6.45) is 0.0135. The number of halogens is 1. The summed E-state index contributed by atoms with van der Waals surface area (Å²) < 4.78 is 18.6. The van der Waals surface area contributed by atoms with Gasteiger partial charge in [-0.2, -0.15) is 0 Å². The number of hydrogen-bond donors (Lipinski definition) is 0. The largest absolute Gasteiger partial charge is 0.454 e. The molecule has 0 N–H and O–H groups in total. The number of rotatable bonds is 5. The van der Waals surface area contributed by atoms with Gasteiger partial charge in [-0.1, -0.05) is 60.7 Å². The summed E-state index contributed by atoms with van der Waals surface area (Å²) in [6.45, 7) is 1.96. The highest BCUT2D eigenvalue weighted by atomic mass is 19.1. The van der Waals surface area contributed by atoms with Crippen molar-refractivity contribution in [1.29, 1.82) is 0 Å². The Hall–Kier alpha value is -2.20. The van der Waals surface area contributed by atoms with Crippen LogP contribution in [0.1, 0.15) is 36.6 Å². The molecule has 0 radical (unpaired) electrons. The standard InChI is InChI=1S/C20H22FNO2/c1-15-20(23)24-19(17-11-6-3-7-12-17)18(22(15)14-8-13-21)16-9-4-2-5-10-16/h2-7,9-12,15,18-19H,8,13-14H2,1H3/t15-,18-,19?/m1/s1. The van der Waals surface area contributed by atoms with E-state index in [9.17, 15) is 9.18 Å². The number of alkyl halides is 1. The van der Waals surface area contributed by atoms with E-state index >= 15 is 0 Å². The molecule has 3 rings (SSSR count). The minimum absolute atomic E-state index is 0.118. The van der Waals surface area contributed by atoms with Crippen molar-refractivity contribution in [2.75, 3.05) is 13.2 Å². The topological polar surface area (TPSA) is 29.5 Å². The van der Waals surface area contributed by atoms with Gasteiger partial charge in [0.05, 0.1) is 12.7 Å². The van der Waals surface area contributed by atoms with Crippen LogP contribution in [0.4, 0.5) is 4.39 Å². The lowest BCUT2D eigenvalue weighted by atomic mass is 9.91. The fourth-order valence-corrected chi connectivity index (χ4v) is 3.32. The molecule has 0 spiro atoms. The first-order chi connectivity index (χ1) is 11.7. The molecule has 0 aromatic heterocycles. The summed E-state index contributed by atoms with van der Waals surface area (Å²) in [5.74, 6) is -0.255. The molecule has 1 heterocycles. The van der Waals surface area contributed by atoms with E-state index in [2.05, 4.69) is 4.90 Å². The summed E-state index contributed by atoms with van der Waals surface area (Å²) in [5, 5.41) is 0. The number of benzene rings is 2. The SMILES string of the molecule is C[C@@H]1C(=O)OC(c2ccccc2)[C@@H](c2ccccc2)N1CCCF. The van der Waals surface area contributed by atoms with Crippen molar-refractivity contribution >= 4 is 5.97 Å². The van der Waals surface area contributed by atoms with Crippen molar-refractivity contribution in [3.05, 3.63) is 71.8 Å². The highest BCUT2D eigenvalue weighted by Gasteiger charge is 2.42. The number of hydrogen-bond acceptors (Lipinski definition) is 3. The number of carbonyl (C=O) groups excluding carboxylic acids is 1. The van der Waals surface area contributed by atoms with Crippen molar-refractivity contribution in [2.45, 2.75) is 31.5 Å². The van der Waals surface area contributed by atoms with Gasteiger partial charge in [-0.3, -0.25) is 14.1 Å². The van der Waals surface area contributed by atoms with E-state index in [0.29, 0.717) is 13.0 Å². The maximum absolute atomic E-state index is 12.8. The Morgan fingerprint density at radius 1 is 1.00 bits per heavy atom. The second-order valence-corrected chi connectivity index (χ2v) is 6.08. The summed E-state index contributed by atoms with van der Waals surface area (Å²) in [6, 6.07) is 19.2. The number of cyclic esters (lactones) is 1. The zero-order valence-electron chi connectivity index (χ0n) is 13.8. The molecule has 1 unspecified atom stereocenters. The quantitative estimate of drug-likeness (QED) is 0.775. The normalized spacial score (nSPS) is 24.6. The molecule has 0 aliphatic carbocycles. The summed E-state index contributed by atoms with van der Waals surface area (Å²) >= 11 is 0. The Morgan fingerprint density at radius 2 is 1.58 bits per heavy atom. The van der Waals surface area contributed by atoms with Crippen LogP contribution in [-0.4, -0.2) is 30.1 Å². The van der Waals surface area contributed by atoms with Crippen LogP contribution >= 0.6 is 0 Å². The summed E-state index contributed by atoms with van der Waals surface area (Å²) in [5.41, 5.74) is 2.03. The predicted octanol–water partition coefficient (Wildman–Crippen LogP) is 4.08. The lowest BCUT2D eigenvalue weighted by Gasteiger charge is -2.44. The maximum Gasteiger partial charge on any atom is 0.323 e. The van der Waals surface area contributed by atoms with Crippen LogP contribution in [0.25, 0.3) is 0 Å². The number of esters is 1. The third-order valence-corrected chi connectivity index (χ3v) is 4.54. The minimum Gasteiger partial charge on any atom is -0.454 e. The van der Waals surface area contributed by atoms with E-state index in [1.54, 1.807) is 0 Å². The Labute approximate surface area is 142 Å². The number of ether oxygens (including phenoxy) is 1. The molecule has 1 aliphatic rings.